The van der Waals surface area contributed by atoms with E-state index in [2.05, 4.69) is 21.4 Å². The van der Waals surface area contributed by atoms with Crippen LogP contribution in [-0.4, -0.2) is 44.9 Å². The second-order valence-corrected chi connectivity index (χ2v) is 7.83. The molecule has 1 saturated carbocycles. The average Bonchev–Trinajstić information content (AvgIpc) is 3.43. The predicted octanol–water partition coefficient (Wildman–Crippen LogP) is 2.82. The first-order valence-corrected chi connectivity index (χ1v) is 9.90. The maximum absolute atomic E-state index is 11.2. The summed E-state index contributed by atoms with van der Waals surface area (Å²) in [6.07, 6.45) is 6.98. The lowest BCUT2D eigenvalue weighted by Gasteiger charge is -2.42. The van der Waals surface area contributed by atoms with Gasteiger partial charge in [0.2, 0.25) is 0 Å². The van der Waals surface area contributed by atoms with Gasteiger partial charge < -0.3 is 10.4 Å². The van der Waals surface area contributed by atoms with E-state index in [1.807, 2.05) is 30.1 Å². The van der Waals surface area contributed by atoms with Gasteiger partial charge in [0.1, 0.15) is 0 Å². The molecule has 1 aromatic carbocycles. The number of nitrogens with zero attached hydrogens (tertiary/aromatic N) is 3. The summed E-state index contributed by atoms with van der Waals surface area (Å²) in [6.45, 7) is 2.80. The zero-order valence-corrected chi connectivity index (χ0v) is 15.8. The minimum Gasteiger partial charge on any atom is -0.478 e. The number of carboxylic acids is 1. The predicted molar refractivity (Wildman–Crippen MR) is 104 cm³/mol. The maximum atomic E-state index is 11.2. The van der Waals surface area contributed by atoms with E-state index in [0.29, 0.717) is 24.1 Å². The molecule has 1 aromatic heterocycles. The molecule has 1 aliphatic carbocycles. The zero-order valence-electron chi connectivity index (χ0n) is 15.8. The molecule has 4 rings (SSSR count). The van der Waals surface area contributed by atoms with Gasteiger partial charge >= 0.3 is 5.97 Å². The molecule has 2 N–H and O–H groups in total. The minimum absolute atomic E-state index is 0.347. The highest BCUT2D eigenvalue weighted by molar-refractivity contribution is 5.87. The Kier molecular flexibility index (Phi) is 5.27. The summed E-state index contributed by atoms with van der Waals surface area (Å²) in [5, 5.41) is 17.1. The van der Waals surface area contributed by atoms with Crippen molar-refractivity contribution in [3.05, 3.63) is 53.3 Å². The van der Waals surface area contributed by atoms with Gasteiger partial charge in [0.25, 0.3) is 0 Å². The first kappa shape index (κ1) is 18.2. The number of nitrogens with one attached hydrogen (secondary N) is 1. The van der Waals surface area contributed by atoms with Gasteiger partial charge in [0, 0.05) is 32.4 Å². The molecule has 144 valence electrons. The fourth-order valence-electron chi connectivity index (χ4n) is 4.44. The van der Waals surface area contributed by atoms with Crippen molar-refractivity contribution in [2.24, 2.45) is 13.0 Å². The van der Waals surface area contributed by atoms with E-state index in [4.69, 9.17) is 5.11 Å². The Balaban J connectivity index is 1.44. The van der Waals surface area contributed by atoms with Crippen molar-refractivity contribution in [2.75, 3.05) is 13.1 Å². The first-order chi connectivity index (χ1) is 13.1. The summed E-state index contributed by atoms with van der Waals surface area (Å²) in [4.78, 5) is 13.8. The van der Waals surface area contributed by atoms with Gasteiger partial charge in [-0.05, 0) is 61.9 Å². The number of carbonyl (C=O) groups is 1. The maximum Gasteiger partial charge on any atom is 0.335 e. The largest absolute Gasteiger partial charge is 0.478 e. The normalized spacial score (nSPS) is 23.4. The molecule has 2 aromatic rings. The Labute approximate surface area is 160 Å². The van der Waals surface area contributed by atoms with E-state index in [0.717, 1.165) is 18.2 Å². The van der Waals surface area contributed by atoms with Gasteiger partial charge in [0.15, 0.2) is 0 Å². The van der Waals surface area contributed by atoms with Crippen LogP contribution < -0.4 is 5.32 Å². The Bertz CT molecular complexity index is 799. The molecule has 2 atom stereocenters. The molecule has 0 amide bonds. The van der Waals surface area contributed by atoms with Crippen LogP contribution in [-0.2, 0) is 13.6 Å². The van der Waals surface area contributed by atoms with Crippen molar-refractivity contribution in [3.63, 3.8) is 0 Å². The van der Waals surface area contributed by atoms with Crippen LogP contribution in [0.4, 0.5) is 0 Å². The Morgan fingerprint density at radius 1 is 1.30 bits per heavy atom. The monoisotopic (exact) mass is 368 g/mol. The van der Waals surface area contributed by atoms with Gasteiger partial charge in [-0.1, -0.05) is 12.1 Å². The van der Waals surface area contributed by atoms with Crippen LogP contribution in [0.2, 0.25) is 0 Å². The number of likely N-dealkylation sites (tertiary alicyclic amines) is 1. The van der Waals surface area contributed by atoms with E-state index in [1.165, 1.54) is 37.9 Å². The quantitative estimate of drug-likeness (QED) is 0.786. The van der Waals surface area contributed by atoms with Crippen LogP contribution in [0.15, 0.2) is 36.5 Å². The third-order valence-electron chi connectivity index (χ3n) is 5.88. The van der Waals surface area contributed by atoms with E-state index < -0.39 is 5.97 Å². The second kappa shape index (κ2) is 7.82. The Morgan fingerprint density at radius 3 is 2.85 bits per heavy atom. The molecule has 0 spiro atoms. The third kappa shape index (κ3) is 4.06. The van der Waals surface area contributed by atoms with Crippen molar-refractivity contribution in [3.8, 4) is 0 Å². The van der Waals surface area contributed by atoms with Crippen molar-refractivity contribution >= 4 is 5.97 Å². The smallest absolute Gasteiger partial charge is 0.335 e. The van der Waals surface area contributed by atoms with E-state index in [9.17, 15) is 4.79 Å². The number of benzene rings is 1. The number of hydrogen-bond acceptors (Lipinski definition) is 4. The fraction of sp³-hybridized carbons (Fsp3) is 0.524. The summed E-state index contributed by atoms with van der Waals surface area (Å²) >= 11 is 0. The standard InChI is InChI=1S/C21H28N4O2/c1-24-19(9-10-23-24)20-17(6-3-11-25(20)18-7-8-18)14-22-13-15-4-2-5-16(12-15)21(26)27/h2,4-5,9-10,12,17-18,20,22H,3,6-8,11,13-14H2,1H3,(H,26,27)/t17-,20+/m0/s1. The molecule has 0 unspecified atom stereocenters. The number of hydrogen-bond donors (Lipinski definition) is 2. The number of piperidine rings is 1. The van der Waals surface area contributed by atoms with Gasteiger partial charge in [-0.25, -0.2) is 4.79 Å². The van der Waals surface area contributed by atoms with Gasteiger partial charge in [-0.3, -0.25) is 9.58 Å². The van der Waals surface area contributed by atoms with E-state index >= 15 is 0 Å². The molecule has 27 heavy (non-hydrogen) atoms. The van der Waals surface area contributed by atoms with E-state index in [1.54, 1.807) is 12.1 Å². The zero-order chi connectivity index (χ0) is 18.8. The fourth-order valence-corrected chi connectivity index (χ4v) is 4.44. The number of carboxylic acid groups (broad SMARTS) is 1. The number of aromatic nitrogens is 2. The highest BCUT2D eigenvalue weighted by Gasteiger charge is 2.41. The van der Waals surface area contributed by atoms with Crippen LogP contribution in [0.25, 0.3) is 0 Å². The lowest BCUT2D eigenvalue weighted by atomic mass is 9.86. The van der Waals surface area contributed by atoms with Crippen molar-refractivity contribution in [2.45, 2.75) is 44.3 Å². The van der Waals surface area contributed by atoms with Crippen LogP contribution >= 0.6 is 0 Å². The molecule has 1 saturated heterocycles. The molecule has 0 radical (unpaired) electrons. The Hall–Kier alpha value is -2.18. The van der Waals surface area contributed by atoms with E-state index in [-0.39, 0.29) is 0 Å². The molecular weight excluding hydrogens is 340 g/mol. The molecule has 2 heterocycles. The summed E-state index contributed by atoms with van der Waals surface area (Å²) in [7, 11) is 2.04. The molecule has 2 aliphatic rings. The summed E-state index contributed by atoms with van der Waals surface area (Å²) < 4.78 is 2.02. The summed E-state index contributed by atoms with van der Waals surface area (Å²) in [6, 6.07) is 10.5. The van der Waals surface area contributed by atoms with Crippen LogP contribution in [0.5, 0.6) is 0 Å². The summed E-state index contributed by atoms with van der Waals surface area (Å²) in [5.41, 5.74) is 2.67. The van der Waals surface area contributed by atoms with Gasteiger partial charge in [-0.15, -0.1) is 0 Å². The molecular formula is C21H28N4O2. The topological polar surface area (TPSA) is 70.4 Å². The van der Waals surface area contributed by atoms with Crippen LogP contribution in [0.1, 0.15) is 53.3 Å². The van der Waals surface area contributed by atoms with Gasteiger partial charge in [0.05, 0.1) is 17.3 Å². The van der Waals surface area contributed by atoms with Crippen LogP contribution in [0, 0.1) is 5.92 Å². The molecule has 6 nitrogen and oxygen atoms in total. The highest BCUT2D eigenvalue weighted by atomic mass is 16.4. The second-order valence-electron chi connectivity index (χ2n) is 7.83. The summed E-state index contributed by atoms with van der Waals surface area (Å²) in [5.74, 6) is -0.335. The highest BCUT2D eigenvalue weighted by Crippen LogP contribution is 2.42. The third-order valence-corrected chi connectivity index (χ3v) is 5.88. The molecule has 6 heteroatoms. The van der Waals surface area contributed by atoms with Crippen molar-refractivity contribution < 1.29 is 9.90 Å². The number of aryl methyl sites for hydroxylation is 1. The lowest BCUT2D eigenvalue weighted by Crippen LogP contribution is -2.44. The lowest BCUT2D eigenvalue weighted by molar-refractivity contribution is 0.0696. The molecule has 0 bridgehead atoms. The minimum atomic E-state index is -0.875. The molecule has 2 fully saturated rings. The SMILES string of the molecule is Cn1nccc1[C@H]1[C@H](CNCc2cccc(C(=O)O)c2)CCCN1C1CC1. The van der Waals surface area contributed by atoms with Crippen molar-refractivity contribution in [1.29, 1.82) is 0 Å². The van der Waals surface area contributed by atoms with Crippen molar-refractivity contribution in [1.82, 2.24) is 20.0 Å². The number of aromatic carboxylic acids is 1. The molecule has 1 aliphatic heterocycles. The first-order valence-electron chi connectivity index (χ1n) is 9.90. The number of rotatable bonds is 7. The average molecular weight is 368 g/mol. The van der Waals surface area contributed by atoms with Gasteiger partial charge in [-0.2, -0.15) is 5.10 Å². The van der Waals surface area contributed by atoms with Crippen LogP contribution in [0.3, 0.4) is 0 Å². The Morgan fingerprint density at radius 2 is 2.15 bits per heavy atom.